The molecule has 31 heavy (non-hydrogen) atoms. The summed E-state index contributed by atoms with van der Waals surface area (Å²) in [5, 5.41) is 4.26. The Morgan fingerprint density at radius 1 is 1.03 bits per heavy atom. The molecule has 2 heterocycles. The summed E-state index contributed by atoms with van der Waals surface area (Å²) in [5.74, 6) is 1.20. The maximum Gasteiger partial charge on any atom is 0.222 e. The van der Waals surface area contributed by atoms with Gasteiger partial charge in [0.25, 0.3) is 0 Å². The molecule has 0 spiro atoms. The molecule has 4 rings (SSSR count). The Hall–Kier alpha value is -2.73. The van der Waals surface area contributed by atoms with E-state index in [1.165, 1.54) is 16.8 Å². The summed E-state index contributed by atoms with van der Waals surface area (Å²) in [4.78, 5) is 22.9. The average Bonchev–Trinajstić information content (AvgIpc) is 3.20. The van der Waals surface area contributed by atoms with Gasteiger partial charge >= 0.3 is 0 Å². The lowest BCUT2D eigenvalue weighted by molar-refractivity contribution is -0.128. The molecular weight excluding hydrogens is 410 g/mol. The molecule has 2 fully saturated rings. The first-order chi connectivity index (χ1) is 15.1. The first-order valence-corrected chi connectivity index (χ1v) is 11.3. The Bertz CT molecular complexity index is 922. The molecule has 0 atom stereocenters. The average molecular weight is 440 g/mol. The van der Waals surface area contributed by atoms with Crippen LogP contribution in [-0.2, 0) is 17.9 Å². The zero-order valence-corrected chi connectivity index (χ0v) is 18.8. The molecule has 0 radical (unpaired) electrons. The normalized spacial score (nSPS) is 17.4. The van der Waals surface area contributed by atoms with E-state index in [0.29, 0.717) is 13.0 Å². The van der Waals surface area contributed by atoms with Gasteiger partial charge in [-0.25, -0.2) is 0 Å². The largest absolute Gasteiger partial charge is 0.368 e. The van der Waals surface area contributed by atoms with Gasteiger partial charge in [-0.2, -0.15) is 0 Å². The minimum absolute atomic E-state index is 0.269. The fourth-order valence-corrected chi connectivity index (χ4v) is 4.40. The number of anilines is 1. The van der Waals surface area contributed by atoms with Crippen LogP contribution in [0.1, 0.15) is 24.0 Å². The smallest absolute Gasteiger partial charge is 0.222 e. The third kappa shape index (κ3) is 5.50. The minimum atomic E-state index is 0.269. The van der Waals surface area contributed by atoms with Crippen LogP contribution >= 0.6 is 11.6 Å². The Kier molecular flexibility index (Phi) is 6.97. The second-order valence-electron chi connectivity index (χ2n) is 8.09. The molecule has 1 amide bonds. The van der Waals surface area contributed by atoms with Crippen molar-refractivity contribution in [3.63, 3.8) is 0 Å². The summed E-state index contributed by atoms with van der Waals surface area (Å²) >= 11 is 6.14. The highest BCUT2D eigenvalue weighted by molar-refractivity contribution is 6.30. The zero-order valence-electron chi connectivity index (χ0n) is 18.1. The van der Waals surface area contributed by atoms with Crippen LogP contribution in [0, 0.1) is 0 Å². The number of nitrogens with zero attached hydrogens (tertiary/aromatic N) is 4. The number of carbonyl (C=O) groups is 1. The van der Waals surface area contributed by atoms with Crippen molar-refractivity contribution >= 4 is 29.2 Å². The van der Waals surface area contributed by atoms with Crippen molar-refractivity contribution in [3.05, 3.63) is 64.7 Å². The number of aliphatic imine (C=N–C) groups is 1. The number of hydrogen-bond acceptors (Lipinski definition) is 3. The predicted octanol–water partition coefficient (Wildman–Crippen LogP) is 3.36. The van der Waals surface area contributed by atoms with Crippen molar-refractivity contribution in [2.45, 2.75) is 25.9 Å². The second-order valence-corrected chi connectivity index (χ2v) is 8.53. The van der Waals surface area contributed by atoms with Gasteiger partial charge < -0.3 is 20.0 Å². The third-order valence-electron chi connectivity index (χ3n) is 5.98. The van der Waals surface area contributed by atoms with Crippen LogP contribution in [0.3, 0.4) is 0 Å². The molecule has 0 saturated carbocycles. The Morgan fingerprint density at radius 3 is 2.42 bits per heavy atom. The molecule has 7 heteroatoms. The summed E-state index contributed by atoms with van der Waals surface area (Å²) < 4.78 is 0. The van der Waals surface area contributed by atoms with Crippen LogP contribution in [0.25, 0.3) is 0 Å². The highest BCUT2D eigenvalue weighted by Crippen LogP contribution is 2.21. The van der Waals surface area contributed by atoms with Crippen molar-refractivity contribution in [1.29, 1.82) is 0 Å². The van der Waals surface area contributed by atoms with E-state index in [2.05, 4.69) is 50.4 Å². The molecule has 0 aromatic heterocycles. The lowest BCUT2D eigenvalue weighted by Gasteiger charge is -2.37. The summed E-state index contributed by atoms with van der Waals surface area (Å²) in [6.07, 6.45) is 1.67. The molecule has 1 N–H and O–H groups in total. The third-order valence-corrected chi connectivity index (χ3v) is 6.22. The van der Waals surface area contributed by atoms with Gasteiger partial charge in [0.15, 0.2) is 5.96 Å². The molecular formula is C24H30ClN5O. The number of nitrogens with one attached hydrogen (secondary N) is 1. The van der Waals surface area contributed by atoms with Gasteiger partial charge in [0.05, 0.1) is 0 Å². The maximum absolute atomic E-state index is 11.8. The number of halogens is 1. The van der Waals surface area contributed by atoms with Gasteiger partial charge in [-0.3, -0.25) is 9.79 Å². The van der Waals surface area contributed by atoms with E-state index in [1.54, 1.807) is 0 Å². The fraction of sp³-hybridized carbons (Fsp3) is 0.417. The van der Waals surface area contributed by atoms with Crippen LogP contribution in [0.5, 0.6) is 0 Å². The molecule has 2 saturated heterocycles. The van der Waals surface area contributed by atoms with E-state index in [-0.39, 0.29) is 5.91 Å². The topological polar surface area (TPSA) is 51.2 Å². The van der Waals surface area contributed by atoms with Gasteiger partial charge in [-0.1, -0.05) is 41.9 Å². The molecule has 0 bridgehead atoms. The van der Waals surface area contributed by atoms with Crippen molar-refractivity contribution in [2.75, 3.05) is 44.7 Å². The lowest BCUT2D eigenvalue weighted by Crippen LogP contribution is -2.52. The first kappa shape index (κ1) is 21.5. The fourth-order valence-electron chi connectivity index (χ4n) is 4.22. The summed E-state index contributed by atoms with van der Waals surface area (Å²) in [6.45, 7) is 6.01. The molecule has 6 nitrogen and oxygen atoms in total. The molecule has 0 unspecified atom stereocenters. The van der Waals surface area contributed by atoms with Gasteiger partial charge in [-0.05, 0) is 35.7 Å². The number of likely N-dealkylation sites (tertiary alicyclic amines) is 1. The zero-order chi connectivity index (χ0) is 21.6. The SMILES string of the molecule is CN=C(NCc1ccc(CN2CCCC2=O)cc1)N1CCN(c2cccc(Cl)c2)CC1. The first-order valence-electron chi connectivity index (χ1n) is 10.9. The Labute approximate surface area is 189 Å². The number of amides is 1. The van der Waals surface area contributed by atoms with Crippen molar-refractivity contribution < 1.29 is 4.79 Å². The van der Waals surface area contributed by atoms with Crippen molar-refractivity contribution in [3.8, 4) is 0 Å². The van der Waals surface area contributed by atoms with Gasteiger partial charge in [0.1, 0.15) is 0 Å². The second kappa shape index (κ2) is 10.1. The molecule has 2 aliphatic heterocycles. The predicted molar refractivity (Wildman–Crippen MR) is 127 cm³/mol. The van der Waals surface area contributed by atoms with E-state index in [1.807, 2.05) is 30.1 Å². The van der Waals surface area contributed by atoms with Crippen LogP contribution in [0.4, 0.5) is 5.69 Å². The van der Waals surface area contributed by atoms with Gasteiger partial charge in [0.2, 0.25) is 5.91 Å². The quantitative estimate of drug-likeness (QED) is 0.573. The van der Waals surface area contributed by atoms with Crippen LogP contribution in [-0.4, -0.2) is 61.4 Å². The van der Waals surface area contributed by atoms with Gasteiger partial charge in [0, 0.05) is 70.0 Å². The number of hydrogen-bond donors (Lipinski definition) is 1. The van der Waals surface area contributed by atoms with Crippen molar-refractivity contribution in [1.82, 2.24) is 15.1 Å². The molecule has 2 aromatic rings. The van der Waals surface area contributed by atoms with E-state index in [9.17, 15) is 4.79 Å². The molecule has 2 aliphatic rings. The summed E-state index contributed by atoms with van der Waals surface area (Å²) in [5.41, 5.74) is 3.56. The van der Waals surface area contributed by atoms with Crippen LogP contribution in [0.2, 0.25) is 5.02 Å². The summed E-state index contributed by atoms with van der Waals surface area (Å²) in [6, 6.07) is 16.5. The maximum atomic E-state index is 11.8. The highest BCUT2D eigenvalue weighted by Gasteiger charge is 2.21. The Balaban J connectivity index is 1.26. The van der Waals surface area contributed by atoms with Crippen LogP contribution < -0.4 is 10.2 Å². The Morgan fingerprint density at radius 2 is 1.77 bits per heavy atom. The highest BCUT2D eigenvalue weighted by atomic mass is 35.5. The van der Waals surface area contributed by atoms with Crippen molar-refractivity contribution in [2.24, 2.45) is 4.99 Å². The lowest BCUT2D eigenvalue weighted by atomic mass is 10.1. The molecule has 0 aliphatic carbocycles. The number of guanidine groups is 1. The number of carbonyl (C=O) groups excluding carboxylic acids is 1. The monoisotopic (exact) mass is 439 g/mol. The minimum Gasteiger partial charge on any atom is -0.368 e. The van der Waals surface area contributed by atoms with Crippen LogP contribution in [0.15, 0.2) is 53.5 Å². The van der Waals surface area contributed by atoms with E-state index in [4.69, 9.17) is 11.6 Å². The van der Waals surface area contributed by atoms with E-state index < -0.39 is 0 Å². The molecule has 2 aromatic carbocycles. The van der Waals surface area contributed by atoms with E-state index in [0.717, 1.165) is 56.7 Å². The summed E-state index contributed by atoms with van der Waals surface area (Å²) in [7, 11) is 1.84. The number of rotatable bonds is 5. The molecule has 164 valence electrons. The number of piperazine rings is 1. The number of benzene rings is 2. The standard InChI is InChI=1S/C24H30ClN5O/c1-26-24(29-14-12-28(13-15-29)22-5-2-4-21(25)16-22)27-17-19-7-9-20(10-8-19)18-30-11-3-6-23(30)31/h2,4-5,7-10,16H,3,6,11-15,17-18H2,1H3,(H,26,27). The van der Waals surface area contributed by atoms with E-state index >= 15 is 0 Å². The van der Waals surface area contributed by atoms with Gasteiger partial charge in [-0.15, -0.1) is 0 Å².